The second-order valence-corrected chi connectivity index (χ2v) is 4.52. The predicted octanol–water partition coefficient (Wildman–Crippen LogP) is 3.18. The molecular weight excluding hydrogens is 257 g/mol. The molecule has 0 saturated carbocycles. The van der Waals surface area contributed by atoms with Gasteiger partial charge in [0.05, 0.1) is 6.61 Å². The summed E-state index contributed by atoms with van der Waals surface area (Å²) in [5.74, 6) is 0.420. The van der Waals surface area contributed by atoms with Crippen molar-refractivity contribution in [3.8, 4) is 5.75 Å². The number of ether oxygens (including phenoxy) is 2. The van der Waals surface area contributed by atoms with Crippen LogP contribution in [0.4, 0.5) is 10.1 Å². The van der Waals surface area contributed by atoms with Crippen molar-refractivity contribution in [2.45, 2.75) is 13.0 Å². The quantitative estimate of drug-likeness (QED) is 0.823. The average Bonchev–Trinajstić information content (AvgIpc) is 2.45. The van der Waals surface area contributed by atoms with Crippen molar-refractivity contribution in [3.63, 3.8) is 0 Å². The van der Waals surface area contributed by atoms with Gasteiger partial charge in [-0.05, 0) is 36.2 Å². The van der Waals surface area contributed by atoms with Crippen LogP contribution in [0.25, 0.3) is 0 Å². The van der Waals surface area contributed by atoms with Gasteiger partial charge in [-0.15, -0.1) is 0 Å². The second kappa shape index (κ2) is 6.91. The van der Waals surface area contributed by atoms with E-state index in [4.69, 9.17) is 15.2 Å². The van der Waals surface area contributed by atoms with E-state index < -0.39 is 0 Å². The van der Waals surface area contributed by atoms with Gasteiger partial charge in [-0.25, -0.2) is 4.39 Å². The highest BCUT2D eigenvalue weighted by Gasteiger charge is 2.02. The van der Waals surface area contributed by atoms with Crippen molar-refractivity contribution >= 4 is 5.69 Å². The van der Waals surface area contributed by atoms with Crippen molar-refractivity contribution in [3.05, 3.63) is 59.4 Å². The third-order valence-corrected chi connectivity index (χ3v) is 3.02. The van der Waals surface area contributed by atoms with Crippen molar-refractivity contribution in [1.82, 2.24) is 0 Å². The van der Waals surface area contributed by atoms with Gasteiger partial charge in [0, 0.05) is 18.4 Å². The first-order valence-electron chi connectivity index (χ1n) is 6.43. The topological polar surface area (TPSA) is 44.5 Å². The molecule has 2 aromatic rings. The molecule has 0 unspecified atom stereocenters. The number of methoxy groups -OCH3 is 1. The number of hydrogen-bond acceptors (Lipinski definition) is 3. The summed E-state index contributed by atoms with van der Waals surface area (Å²) in [5.41, 5.74) is 8.10. The minimum absolute atomic E-state index is 0.323. The van der Waals surface area contributed by atoms with Gasteiger partial charge in [0.2, 0.25) is 0 Å². The zero-order valence-electron chi connectivity index (χ0n) is 11.4. The Balaban J connectivity index is 1.93. The SMILES string of the molecule is COCCc1ccc(OCc2ccc(F)cc2N)cc1. The van der Waals surface area contributed by atoms with Crippen LogP contribution in [0, 0.1) is 5.82 Å². The molecule has 0 aliphatic heterocycles. The Kier molecular flexibility index (Phi) is 4.96. The van der Waals surface area contributed by atoms with Gasteiger partial charge in [-0.2, -0.15) is 0 Å². The molecule has 3 nitrogen and oxygen atoms in total. The number of anilines is 1. The minimum Gasteiger partial charge on any atom is -0.489 e. The first kappa shape index (κ1) is 14.3. The Hall–Kier alpha value is -2.07. The molecule has 0 heterocycles. The molecule has 0 fully saturated rings. The van der Waals surface area contributed by atoms with Crippen molar-refractivity contribution in [2.75, 3.05) is 19.5 Å². The number of hydrogen-bond donors (Lipinski definition) is 1. The van der Waals surface area contributed by atoms with Crippen molar-refractivity contribution in [2.24, 2.45) is 0 Å². The minimum atomic E-state index is -0.339. The lowest BCUT2D eigenvalue weighted by Gasteiger charge is -2.09. The highest BCUT2D eigenvalue weighted by Crippen LogP contribution is 2.18. The third kappa shape index (κ3) is 3.96. The summed E-state index contributed by atoms with van der Waals surface area (Å²) in [5, 5.41) is 0. The van der Waals surface area contributed by atoms with Gasteiger partial charge in [-0.1, -0.05) is 18.2 Å². The Morgan fingerprint density at radius 1 is 1.10 bits per heavy atom. The number of halogens is 1. The summed E-state index contributed by atoms with van der Waals surface area (Å²) in [6.45, 7) is 1.02. The molecule has 0 bridgehead atoms. The first-order chi connectivity index (χ1) is 9.69. The van der Waals surface area contributed by atoms with Crippen LogP contribution < -0.4 is 10.5 Å². The van der Waals surface area contributed by atoms with E-state index in [-0.39, 0.29) is 5.82 Å². The normalized spacial score (nSPS) is 10.5. The average molecular weight is 275 g/mol. The van der Waals surface area contributed by atoms with E-state index in [0.717, 1.165) is 17.7 Å². The number of rotatable bonds is 6. The Labute approximate surface area is 118 Å². The fourth-order valence-corrected chi connectivity index (χ4v) is 1.83. The van der Waals surface area contributed by atoms with Crippen molar-refractivity contribution < 1.29 is 13.9 Å². The number of nitrogen functional groups attached to an aromatic ring is 1. The molecule has 106 valence electrons. The van der Waals surface area contributed by atoms with Crippen LogP contribution in [0.1, 0.15) is 11.1 Å². The largest absolute Gasteiger partial charge is 0.489 e. The molecule has 2 N–H and O–H groups in total. The lowest BCUT2D eigenvalue weighted by Crippen LogP contribution is -2.01. The van der Waals surface area contributed by atoms with E-state index >= 15 is 0 Å². The van der Waals surface area contributed by atoms with Crippen LogP contribution in [0.3, 0.4) is 0 Å². The molecule has 0 aromatic heterocycles. The van der Waals surface area contributed by atoms with Gasteiger partial charge in [-0.3, -0.25) is 0 Å². The zero-order chi connectivity index (χ0) is 14.4. The predicted molar refractivity (Wildman–Crippen MR) is 77.2 cm³/mol. The summed E-state index contributed by atoms with van der Waals surface area (Å²) in [6.07, 6.45) is 0.877. The molecule has 0 spiro atoms. The van der Waals surface area contributed by atoms with E-state index in [1.165, 1.54) is 17.7 Å². The second-order valence-electron chi connectivity index (χ2n) is 4.52. The molecule has 4 heteroatoms. The Bertz CT molecular complexity index is 555. The molecule has 0 saturated heterocycles. The van der Waals surface area contributed by atoms with Gasteiger partial charge < -0.3 is 15.2 Å². The Morgan fingerprint density at radius 2 is 1.85 bits per heavy atom. The fraction of sp³-hybridized carbons (Fsp3) is 0.250. The first-order valence-corrected chi connectivity index (χ1v) is 6.43. The maximum Gasteiger partial charge on any atom is 0.125 e. The molecule has 20 heavy (non-hydrogen) atoms. The van der Waals surface area contributed by atoms with E-state index in [1.807, 2.05) is 24.3 Å². The maximum absolute atomic E-state index is 12.9. The highest BCUT2D eigenvalue weighted by molar-refractivity contribution is 5.46. The molecule has 0 amide bonds. The molecule has 0 radical (unpaired) electrons. The van der Waals surface area contributed by atoms with Gasteiger partial charge in [0.1, 0.15) is 18.2 Å². The summed E-state index contributed by atoms with van der Waals surface area (Å²) >= 11 is 0. The van der Waals surface area contributed by atoms with Crippen LogP contribution in [0.15, 0.2) is 42.5 Å². The maximum atomic E-state index is 12.9. The molecular formula is C16H18FNO2. The zero-order valence-corrected chi connectivity index (χ0v) is 11.4. The summed E-state index contributed by atoms with van der Waals surface area (Å²) < 4.78 is 23.6. The van der Waals surface area contributed by atoms with Crippen LogP contribution in [0.5, 0.6) is 5.75 Å². The van der Waals surface area contributed by atoms with Crippen LogP contribution >= 0.6 is 0 Å². The lowest BCUT2D eigenvalue weighted by molar-refractivity contribution is 0.202. The van der Waals surface area contributed by atoms with E-state index in [1.54, 1.807) is 13.2 Å². The summed E-state index contributed by atoms with van der Waals surface area (Å²) in [4.78, 5) is 0. The smallest absolute Gasteiger partial charge is 0.125 e. The van der Waals surface area contributed by atoms with E-state index in [2.05, 4.69) is 0 Å². The van der Waals surface area contributed by atoms with Crippen LogP contribution in [-0.2, 0) is 17.8 Å². The van der Waals surface area contributed by atoms with Gasteiger partial charge in [0.15, 0.2) is 0 Å². The third-order valence-electron chi connectivity index (χ3n) is 3.02. The fourth-order valence-electron chi connectivity index (χ4n) is 1.83. The number of nitrogens with two attached hydrogens (primary N) is 1. The molecule has 0 aliphatic carbocycles. The lowest BCUT2D eigenvalue weighted by atomic mass is 10.1. The van der Waals surface area contributed by atoms with Crippen LogP contribution in [-0.4, -0.2) is 13.7 Å². The molecule has 0 aliphatic rings. The van der Waals surface area contributed by atoms with Gasteiger partial charge in [0.25, 0.3) is 0 Å². The standard InChI is InChI=1S/C16H18FNO2/c1-19-9-8-12-2-6-15(7-3-12)20-11-13-4-5-14(17)10-16(13)18/h2-7,10H,8-9,11,18H2,1H3. The molecule has 0 atom stereocenters. The van der Waals surface area contributed by atoms with Crippen LogP contribution in [0.2, 0.25) is 0 Å². The van der Waals surface area contributed by atoms with E-state index in [9.17, 15) is 4.39 Å². The van der Waals surface area contributed by atoms with Crippen molar-refractivity contribution in [1.29, 1.82) is 0 Å². The highest BCUT2D eigenvalue weighted by atomic mass is 19.1. The number of benzene rings is 2. The van der Waals surface area contributed by atoms with E-state index in [0.29, 0.717) is 18.9 Å². The summed E-state index contributed by atoms with van der Waals surface area (Å²) in [7, 11) is 1.69. The van der Waals surface area contributed by atoms with Gasteiger partial charge >= 0.3 is 0 Å². The summed E-state index contributed by atoms with van der Waals surface area (Å²) in [6, 6.07) is 12.1. The monoisotopic (exact) mass is 275 g/mol. The molecule has 2 rings (SSSR count). The Morgan fingerprint density at radius 3 is 2.50 bits per heavy atom. The molecule has 2 aromatic carbocycles.